The van der Waals surface area contributed by atoms with Gasteiger partial charge in [-0.05, 0) is 26.8 Å². The highest BCUT2D eigenvalue weighted by atomic mass is 32.1. The zero-order valence-corrected chi connectivity index (χ0v) is 10.6. The van der Waals surface area contributed by atoms with E-state index in [1.807, 2.05) is 13.8 Å². The minimum atomic E-state index is 0.685. The van der Waals surface area contributed by atoms with E-state index in [0.29, 0.717) is 4.64 Å². The van der Waals surface area contributed by atoms with Crippen molar-refractivity contribution in [2.75, 3.05) is 0 Å². The van der Waals surface area contributed by atoms with Gasteiger partial charge in [0.05, 0.1) is 5.69 Å². The number of H-pyrrole nitrogens is 1. The summed E-state index contributed by atoms with van der Waals surface area (Å²) >= 11 is 6.95. The molecule has 0 radical (unpaired) electrons. The van der Waals surface area contributed by atoms with Crippen LogP contribution in [0, 0.1) is 25.4 Å². The van der Waals surface area contributed by atoms with Gasteiger partial charge in [-0.15, -0.1) is 11.3 Å². The lowest BCUT2D eigenvalue weighted by Crippen LogP contribution is -1.95. The fraction of sp³-hybridized carbons (Fsp3) is 0.273. The van der Waals surface area contributed by atoms with Crippen molar-refractivity contribution in [2.24, 2.45) is 0 Å². The lowest BCUT2D eigenvalue weighted by Gasteiger charge is -2.05. The standard InChI is InChI=1S/C11H12N2S2/c1-6-4-9(5-15-6)10-7(2)11(14)13-8(3)12-10/h4-5H,1-3H3,(H,12,13,14). The average molecular weight is 236 g/mol. The van der Waals surface area contributed by atoms with Gasteiger partial charge >= 0.3 is 0 Å². The molecule has 78 valence electrons. The Morgan fingerprint density at radius 1 is 1.33 bits per heavy atom. The summed E-state index contributed by atoms with van der Waals surface area (Å²) in [5.74, 6) is 0.865. The van der Waals surface area contributed by atoms with E-state index in [-0.39, 0.29) is 0 Å². The molecule has 2 aromatic rings. The molecule has 15 heavy (non-hydrogen) atoms. The predicted octanol–water partition coefficient (Wildman–Crippen LogP) is 3.79. The molecule has 0 aliphatic carbocycles. The van der Waals surface area contributed by atoms with Crippen LogP contribution in [0.15, 0.2) is 11.4 Å². The number of aryl methyl sites for hydroxylation is 2. The van der Waals surface area contributed by atoms with Crippen molar-refractivity contribution in [3.63, 3.8) is 0 Å². The van der Waals surface area contributed by atoms with E-state index in [1.165, 1.54) is 10.4 Å². The van der Waals surface area contributed by atoms with Gasteiger partial charge in [-0.2, -0.15) is 0 Å². The van der Waals surface area contributed by atoms with Crippen LogP contribution < -0.4 is 0 Å². The highest BCUT2D eigenvalue weighted by Gasteiger charge is 2.06. The molecule has 0 spiro atoms. The van der Waals surface area contributed by atoms with Crippen LogP contribution in [-0.4, -0.2) is 9.97 Å². The largest absolute Gasteiger partial charge is 0.343 e. The maximum absolute atomic E-state index is 5.21. The Kier molecular flexibility index (Phi) is 2.71. The molecule has 0 unspecified atom stereocenters. The highest BCUT2D eigenvalue weighted by Crippen LogP contribution is 2.26. The first kappa shape index (κ1) is 10.5. The third-order valence-corrected chi connectivity index (χ3v) is 3.55. The van der Waals surface area contributed by atoms with E-state index in [0.717, 1.165) is 17.1 Å². The summed E-state index contributed by atoms with van der Waals surface area (Å²) in [6.07, 6.45) is 0. The van der Waals surface area contributed by atoms with Gasteiger partial charge in [0.25, 0.3) is 0 Å². The number of hydrogen-bond acceptors (Lipinski definition) is 3. The molecule has 2 rings (SSSR count). The second-order valence-corrected chi connectivity index (χ2v) is 5.08. The second kappa shape index (κ2) is 3.87. The van der Waals surface area contributed by atoms with Crippen molar-refractivity contribution >= 4 is 23.6 Å². The van der Waals surface area contributed by atoms with Crippen LogP contribution in [0.2, 0.25) is 0 Å². The fourth-order valence-electron chi connectivity index (χ4n) is 1.51. The van der Waals surface area contributed by atoms with Gasteiger partial charge in [-0.3, -0.25) is 0 Å². The predicted molar refractivity (Wildman–Crippen MR) is 66.9 cm³/mol. The Balaban J connectivity index is 2.67. The summed E-state index contributed by atoms with van der Waals surface area (Å²) < 4.78 is 0.685. The van der Waals surface area contributed by atoms with E-state index in [1.54, 1.807) is 11.3 Å². The molecule has 0 amide bonds. The van der Waals surface area contributed by atoms with E-state index >= 15 is 0 Å². The van der Waals surface area contributed by atoms with Crippen LogP contribution in [0.1, 0.15) is 16.3 Å². The van der Waals surface area contributed by atoms with Crippen LogP contribution in [0.4, 0.5) is 0 Å². The first-order valence-electron chi connectivity index (χ1n) is 4.71. The first-order valence-corrected chi connectivity index (χ1v) is 6.00. The molecule has 0 aliphatic rings. The number of hydrogen-bond donors (Lipinski definition) is 1. The van der Waals surface area contributed by atoms with Crippen molar-refractivity contribution in [3.8, 4) is 11.3 Å². The van der Waals surface area contributed by atoms with E-state index in [2.05, 4.69) is 28.3 Å². The number of nitrogens with one attached hydrogen (secondary N) is 1. The lowest BCUT2D eigenvalue weighted by atomic mass is 10.1. The van der Waals surface area contributed by atoms with Gasteiger partial charge in [0.2, 0.25) is 0 Å². The maximum atomic E-state index is 5.21. The molecule has 2 nitrogen and oxygen atoms in total. The van der Waals surface area contributed by atoms with Gasteiger partial charge in [-0.1, -0.05) is 12.2 Å². The summed E-state index contributed by atoms with van der Waals surface area (Å²) in [7, 11) is 0. The van der Waals surface area contributed by atoms with Gasteiger partial charge in [0.1, 0.15) is 10.5 Å². The number of nitrogens with zero attached hydrogens (tertiary/aromatic N) is 1. The number of aromatic amines is 1. The molecule has 4 heteroatoms. The monoisotopic (exact) mass is 236 g/mol. The molecular formula is C11H12N2S2. The highest BCUT2D eigenvalue weighted by molar-refractivity contribution is 7.71. The van der Waals surface area contributed by atoms with Crippen LogP contribution >= 0.6 is 23.6 Å². The summed E-state index contributed by atoms with van der Waals surface area (Å²) in [5.41, 5.74) is 3.34. The van der Waals surface area contributed by atoms with Gasteiger partial charge in [-0.25, -0.2) is 4.98 Å². The first-order chi connectivity index (χ1) is 7.08. The SMILES string of the molecule is Cc1nc(=S)c(C)c(-c2csc(C)c2)[nH]1. The van der Waals surface area contributed by atoms with Gasteiger partial charge < -0.3 is 4.98 Å². The summed E-state index contributed by atoms with van der Waals surface area (Å²) in [6, 6.07) is 2.16. The lowest BCUT2D eigenvalue weighted by molar-refractivity contribution is 1.02. The van der Waals surface area contributed by atoms with Crippen molar-refractivity contribution < 1.29 is 0 Å². The molecule has 2 aromatic heterocycles. The topological polar surface area (TPSA) is 28.7 Å². The molecule has 0 atom stereocenters. The molecule has 0 saturated heterocycles. The number of rotatable bonds is 1. The summed E-state index contributed by atoms with van der Waals surface area (Å²) in [4.78, 5) is 8.81. The molecule has 0 saturated carbocycles. The van der Waals surface area contributed by atoms with Crippen molar-refractivity contribution in [1.82, 2.24) is 9.97 Å². The Morgan fingerprint density at radius 2 is 2.07 bits per heavy atom. The van der Waals surface area contributed by atoms with Gasteiger partial charge in [0, 0.05) is 21.4 Å². The average Bonchev–Trinajstić information content (AvgIpc) is 2.58. The van der Waals surface area contributed by atoms with Crippen LogP contribution in [0.25, 0.3) is 11.3 Å². The van der Waals surface area contributed by atoms with Crippen molar-refractivity contribution in [3.05, 3.63) is 32.4 Å². The summed E-state index contributed by atoms with van der Waals surface area (Å²) in [6.45, 7) is 6.04. The van der Waals surface area contributed by atoms with E-state index in [9.17, 15) is 0 Å². The van der Waals surface area contributed by atoms with E-state index in [4.69, 9.17) is 12.2 Å². The number of thiophene rings is 1. The normalized spacial score (nSPS) is 10.6. The van der Waals surface area contributed by atoms with Crippen LogP contribution in [-0.2, 0) is 0 Å². The van der Waals surface area contributed by atoms with Crippen LogP contribution in [0.5, 0.6) is 0 Å². The number of aromatic nitrogens is 2. The molecule has 2 heterocycles. The van der Waals surface area contributed by atoms with Crippen molar-refractivity contribution in [1.29, 1.82) is 0 Å². The zero-order valence-electron chi connectivity index (χ0n) is 8.92. The smallest absolute Gasteiger partial charge is 0.133 e. The Bertz CT molecular complexity index is 552. The second-order valence-electron chi connectivity index (χ2n) is 3.57. The zero-order chi connectivity index (χ0) is 11.0. The minimum Gasteiger partial charge on any atom is -0.343 e. The molecule has 0 aliphatic heterocycles. The molecule has 1 N–H and O–H groups in total. The Labute approximate surface area is 98.0 Å². The molecular weight excluding hydrogens is 224 g/mol. The molecule has 0 bridgehead atoms. The fourth-order valence-corrected chi connectivity index (χ4v) is 2.44. The molecule has 0 fully saturated rings. The Morgan fingerprint density at radius 3 is 2.67 bits per heavy atom. The van der Waals surface area contributed by atoms with Crippen LogP contribution in [0.3, 0.4) is 0 Å². The van der Waals surface area contributed by atoms with Crippen molar-refractivity contribution in [2.45, 2.75) is 20.8 Å². The molecule has 0 aromatic carbocycles. The summed E-state index contributed by atoms with van der Waals surface area (Å²) in [5, 5.41) is 2.14. The third kappa shape index (κ3) is 2.01. The quantitative estimate of drug-likeness (QED) is 0.763. The third-order valence-electron chi connectivity index (χ3n) is 2.29. The maximum Gasteiger partial charge on any atom is 0.133 e. The Hall–Kier alpha value is -1.00. The minimum absolute atomic E-state index is 0.685. The van der Waals surface area contributed by atoms with Gasteiger partial charge in [0.15, 0.2) is 0 Å². The van der Waals surface area contributed by atoms with E-state index < -0.39 is 0 Å².